The highest BCUT2D eigenvalue weighted by Crippen LogP contribution is 2.34. The maximum atomic E-state index is 13.0. The van der Waals surface area contributed by atoms with Crippen LogP contribution in [0, 0.1) is 0 Å². The molecule has 0 saturated heterocycles. The minimum absolute atomic E-state index is 0.0185. The number of nitrogens with zero attached hydrogens (tertiary/aromatic N) is 3. The van der Waals surface area contributed by atoms with Gasteiger partial charge in [-0.3, -0.25) is 9.59 Å². The van der Waals surface area contributed by atoms with Crippen LogP contribution in [-0.2, 0) is 32.6 Å². The van der Waals surface area contributed by atoms with Crippen LogP contribution in [0.25, 0.3) is 0 Å². The lowest BCUT2D eigenvalue weighted by atomic mass is 10.1. The second-order valence-corrected chi connectivity index (χ2v) is 9.37. The SMILES string of the molecule is CC(=O)N1c2ccc(S(=O)(=O)N(C)CC(=O)N(C)Cc3ccco3)cc2C[C@@H]1C. The first-order chi connectivity index (χ1) is 13.6. The Morgan fingerprint density at radius 2 is 1.97 bits per heavy atom. The van der Waals surface area contributed by atoms with Gasteiger partial charge in [0, 0.05) is 32.7 Å². The summed E-state index contributed by atoms with van der Waals surface area (Å²) in [5.41, 5.74) is 1.55. The number of hydrogen-bond donors (Lipinski definition) is 0. The summed E-state index contributed by atoms with van der Waals surface area (Å²) < 4.78 is 32.2. The number of carbonyl (C=O) groups excluding carboxylic acids is 2. The molecule has 0 N–H and O–H groups in total. The van der Waals surface area contributed by atoms with Crippen LogP contribution in [-0.4, -0.2) is 56.1 Å². The third-order valence-electron chi connectivity index (χ3n) is 5.07. The first kappa shape index (κ1) is 21.1. The Hall–Kier alpha value is -2.65. The van der Waals surface area contributed by atoms with E-state index in [0.29, 0.717) is 12.2 Å². The van der Waals surface area contributed by atoms with Crippen LogP contribution >= 0.6 is 0 Å². The van der Waals surface area contributed by atoms with E-state index in [2.05, 4.69) is 0 Å². The molecule has 1 aliphatic rings. The van der Waals surface area contributed by atoms with E-state index in [9.17, 15) is 18.0 Å². The summed E-state index contributed by atoms with van der Waals surface area (Å²) in [7, 11) is -0.871. The summed E-state index contributed by atoms with van der Waals surface area (Å²) in [4.78, 5) is 27.5. The Labute approximate surface area is 170 Å². The molecule has 0 fully saturated rings. The lowest BCUT2D eigenvalue weighted by molar-refractivity contribution is -0.130. The molecule has 2 heterocycles. The molecular weight excluding hydrogens is 394 g/mol. The van der Waals surface area contributed by atoms with Crippen molar-refractivity contribution in [2.45, 2.75) is 37.8 Å². The number of carbonyl (C=O) groups is 2. The van der Waals surface area contributed by atoms with E-state index in [1.807, 2.05) is 6.92 Å². The molecule has 0 saturated carbocycles. The Bertz CT molecular complexity index is 1020. The number of furan rings is 1. The molecule has 8 nitrogen and oxygen atoms in total. The lowest BCUT2D eigenvalue weighted by Gasteiger charge is -2.22. The van der Waals surface area contributed by atoms with Crippen molar-refractivity contribution < 1.29 is 22.4 Å². The second-order valence-electron chi connectivity index (χ2n) is 7.32. The Balaban J connectivity index is 1.74. The first-order valence-electron chi connectivity index (χ1n) is 9.26. The summed E-state index contributed by atoms with van der Waals surface area (Å²) in [6.45, 7) is 3.40. The monoisotopic (exact) mass is 419 g/mol. The van der Waals surface area contributed by atoms with E-state index in [0.717, 1.165) is 15.6 Å². The fraction of sp³-hybridized carbons (Fsp3) is 0.400. The molecule has 0 unspecified atom stereocenters. The van der Waals surface area contributed by atoms with E-state index in [-0.39, 0.29) is 35.8 Å². The largest absolute Gasteiger partial charge is 0.467 e. The third kappa shape index (κ3) is 4.20. The zero-order chi connectivity index (χ0) is 21.3. The van der Waals surface area contributed by atoms with Crippen molar-refractivity contribution in [1.82, 2.24) is 9.21 Å². The first-order valence-corrected chi connectivity index (χ1v) is 10.7. The molecule has 0 spiro atoms. The molecule has 1 aliphatic heterocycles. The summed E-state index contributed by atoms with van der Waals surface area (Å²) in [5, 5.41) is 0. The molecule has 0 radical (unpaired) electrons. The van der Waals surface area contributed by atoms with E-state index in [1.165, 1.54) is 31.2 Å². The highest BCUT2D eigenvalue weighted by molar-refractivity contribution is 7.89. The third-order valence-corrected chi connectivity index (χ3v) is 6.87. The molecule has 9 heteroatoms. The molecule has 1 aromatic carbocycles. The summed E-state index contributed by atoms with van der Waals surface area (Å²) in [6, 6.07) is 8.20. The molecule has 1 atom stereocenters. The van der Waals surface area contributed by atoms with Crippen molar-refractivity contribution in [2.24, 2.45) is 0 Å². The van der Waals surface area contributed by atoms with Crippen LogP contribution in [0.3, 0.4) is 0 Å². The average Bonchev–Trinajstić information content (AvgIpc) is 3.26. The van der Waals surface area contributed by atoms with Gasteiger partial charge in [-0.2, -0.15) is 4.31 Å². The quantitative estimate of drug-likeness (QED) is 0.713. The summed E-state index contributed by atoms with van der Waals surface area (Å²) in [5.74, 6) is 0.202. The van der Waals surface area contributed by atoms with Gasteiger partial charge in [0.25, 0.3) is 0 Å². The molecule has 2 aromatic rings. The number of benzene rings is 1. The van der Waals surface area contributed by atoms with Crippen LogP contribution in [0.1, 0.15) is 25.2 Å². The van der Waals surface area contributed by atoms with Crippen molar-refractivity contribution >= 4 is 27.5 Å². The van der Waals surface area contributed by atoms with Gasteiger partial charge >= 0.3 is 0 Å². The smallest absolute Gasteiger partial charge is 0.243 e. The highest BCUT2D eigenvalue weighted by atomic mass is 32.2. The molecule has 0 bridgehead atoms. The van der Waals surface area contributed by atoms with Crippen molar-refractivity contribution in [3.8, 4) is 0 Å². The second kappa shape index (κ2) is 8.00. The highest BCUT2D eigenvalue weighted by Gasteiger charge is 2.31. The number of likely N-dealkylation sites (N-methyl/N-ethyl adjacent to an activating group) is 2. The van der Waals surface area contributed by atoms with Gasteiger partial charge in [-0.05, 0) is 49.2 Å². The van der Waals surface area contributed by atoms with Gasteiger partial charge in [-0.25, -0.2) is 8.42 Å². The molecule has 3 rings (SSSR count). The normalized spacial score (nSPS) is 16.2. The van der Waals surface area contributed by atoms with Gasteiger partial charge < -0.3 is 14.2 Å². The summed E-state index contributed by atoms with van der Waals surface area (Å²) >= 11 is 0. The molecular formula is C20H25N3O5S. The minimum atomic E-state index is -3.85. The van der Waals surface area contributed by atoms with Crippen molar-refractivity contribution in [2.75, 3.05) is 25.5 Å². The van der Waals surface area contributed by atoms with Gasteiger partial charge in [0.1, 0.15) is 5.76 Å². The van der Waals surface area contributed by atoms with Gasteiger partial charge in [0.2, 0.25) is 21.8 Å². The van der Waals surface area contributed by atoms with Gasteiger partial charge in [-0.15, -0.1) is 0 Å². The number of sulfonamides is 1. The van der Waals surface area contributed by atoms with E-state index in [1.54, 1.807) is 36.2 Å². The summed E-state index contributed by atoms with van der Waals surface area (Å²) in [6.07, 6.45) is 2.11. The van der Waals surface area contributed by atoms with E-state index < -0.39 is 10.0 Å². The standard InChI is InChI=1S/C20H25N3O5S/c1-14-10-16-11-18(7-8-19(16)23(14)15(2)24)29(26,27)22(4)13-20(25)21(3)12-17-6-5-9-28-17/h5-9,11,14H,10,12-13H2,1-4H3/t14-/m0/s1. The van der Waals surface area contributed by atoms with Gasteiger partial charge in [0.05, 0.1) is 24.2 Å². The van der Waals surface area contributed by atoms with Crippen molar-refractivity contribution in [3.63, 3.8) is 0 Å². The van der Waals surface area contributed by atoms with Crippen LogP contribution in [0.15, 0.2) is 45.9 Å². The molecule has 0 aliphatic carbocycles. The van der Waals surface area contributed by atoms with Crippen molar-refractivity contribution in [1.29, 1.82) is 0 Å². The number of amides is 2. The average molecular weight is 420 g/mol. The predicted molar refractivity (Wildman–Crippen MR) is 108 cm³/mol. The number of hydrogen-bond acceptors (Lipinski definition) is 5. The minimum Gasteiger partial charge on any atom is -0.467 e. The van der Waals surface area contributed by atoms with E-state index in [4.69, 9.17) is 4.42 Å². The lowest BCUT2D eigenvalue weighted by Crippen LogP contribution is -2.39. The maximum Gasteiger partial charge on any atom is 0.243 e. The Morgan fingerprint density at radius 1 is 1.24 bits per heavy atom. The fourth-order valence-electron chi connectivity index (χ4n) is 3.55. The Morgan fingerprint density at radius 3 is 2.59 bits per heavy atom. The predicted octanol–water partition coefficient (Wildman–Crippen LogP) is 1.86. The molecule has 2 amide bonds. The maximum absolute atomic E-state index is 13.0. The fourth-order valence-corrected chi connectivity index (χ4v) is 4.72. The van der Waals surface area contributed by atoms with Crippen LogP contribution in [0.4, 0.5) is 5.69 Å². The number of anilines is 1. The zero-order valence-electron chi connectivity index (χ0n) is 17.0. The van der Waals surface area contributed by atoms with Gasteiger partial charge in [-0.1, -0.05) is 0 Å². The number of fused-ring (bicyclic) bond motifs is 1. The van der Waals surface area contributed by atoms with E-state index >= 15 is 0 Å². The van der Waals surface area contributed by atoms with Crippen LogP contribution in [0.2, 0.25) is 0 Å². The molecule has 29 heavy (non-hydrogen) atoms. The topological polar surface area (TPSA) is 91.1 Å². The zero-order valence-corrected chi connectivity index (χ0v) is 17.8. The van der Waals surface area contributed by atoms with Crippen LogP contribution in [0.5, 0.6) is 0 Å². The Kier molecular flexibility index (Phi) is 5.81. The number of rotatable bonds is 6. The van der Waals surface area contributed by atoms with Crippen LogP contribution < -0.4 is 4.90 Å². The van der Waals surface area contributed by atoms with Gasteiger partial charge in [0.15, 0.2) is 0 Å². The molecule has 1 aromatic heterocycles. The van der Waals surface area contributed by atoms with Crippen molar-refractivity contribution in [3.05, 3.63) is 47.9 Å². The molecule has 156 valence electrons.